The van der Waals surface area contributed by atoms with E-state index < -0.39 is 0 Å². The Morgan fingerprint density at radius 2 is 1.50 bits per heavy atom. The smallest absolute Gasteiger partial charge is 0.100 e. The molecule has 0 spiro atoms. The van der Waals surface area contributed by atoms with E-state index in [-0.39, 0.29) is 0 Å². The molecular formula is C17H17N3. The average molecular weight is 263 g/mol. The van der Waals surface area contributed by atoms with Gasteiger partial charge in [0.1, 0.15) is 6.33 Å². The van der Waals surface area contributed by atoms with E-state index in [1.54, 1.807) is 0 Å². The highest BCUT2D eigenvalue weighted by molar-refractivity contribution is 5.77. The van der Waals surface area contributed by atoms with Crippen LogP contribution in [0.4, 0.5) is 5.69 Å². The maximum Gasteiger partial charge on any atom is 0.100 e. The molecule has 1 aromatic heterocycles. The lowest BCUT2D eigenvalue weighted by Crippen LogP contribution is -2.17. The highest BCUT2D eigenvalue weighted by Gasteiger charge is 2.12. The zero-order valence-electron chi connectivity index (χ0n) is 11.4. The fourth-order valence-electron chi connectivity index (χ4n) is 2.96. The van der Waals surface area contributed by atoms with E-state index in [0.717, 1.165) is 11.0 Å². The third-order valence-electron chi connectivity index (χ3n) is 4.05. The Labute approximate surface area is 118 Å². The number of para-hydroxylation sites is 2. The lowest BCUT2D eigenvalue weighted by molar-refractivity contribution is 0.949. The molecule has 0 N–H and O–H groups in total. The maximum atomic E-state index is 4.45. The lowest BCUT2D eigenvalue weighted by atomic mass is 10.2. The second-order valence-electron chi connectivity index (χ2n) is 5.31. The summed E-state index contributed by atoms with van der Waals surface area (Å²) in [7, 11) is 0. The van der Waals surface area contributed by atoms with E-state index in [4.69, 9.17) is 0 Å². The molecule has 0 radical (unpaired) electrons. The summed E-state index contributed by atoms with van der Waals surface area (Å²) < 4.78 is 2.14. The summed E-state index contributed by atoms with van der Waals surface area (Å²) in [4.78, 5) is 6.90. The number of anilines is 1. The van der Waals surface area contributed by atoms with Crippen LogP contribution in [0.3, 0.4) is 0 Å². The van der Waals surface area contributed by atoms with Gasteiger partial charge in [-0.1, -0.05) is 12.1 Å². The van der Waals surface area contributed by atoms with Crippen molar-refractivity contribution in [2.75, 3.05) is 18.0 Å². The molecule has 3 nitrogen and oxygen atoms in total. The van der Waals surface area contributed by atoms with E-state index in [9.17, 15) is 0 Å². The zero-order valence-corrected chi connectivity index (χ0v) is 11.4. The largest absolute Gasteiger partial charge is 0.372 e. The molecule has 1 saturated heterocycles. The predicted molar refractivity (Wildman–Crippen MR) is 82.5 cm³/mol. The number of fused-ring (bicyclic) bond motifs is 1. The minimum Gasteiger partial charge on any atom is -0.372 e. The van der Waals surface area contributed by atoms with Crippen molar-refractivity contribution in [1.29, 1.82) is 0 Å². The van der Waals surface area contributed by atoms with Crippen LogP contribution in [0.25, 0.3) is 16.7 Å². The second-order valence-corrected chi connectivity index (χ2v) is 5.31. The topological polar surface area (TPSA) is 21.1 Å². The zero-order chi connectivity index (χ0) is 13.4. The average Bonchev–Trinajstić information content (AvgIpc) is 3.17. The molecule has 4 rings (SSSR count). The summed E-state index contributed by atoms with van der Waals surface area (Å²) in [5.41, 5.74) is 4.69. The minimum absolute atomic E-state index is 1.04. The van der Waals surface area contributed by atoms with E-state index in [1.807, 2.05) is 18.5 Å². The van der Waals surface area contributed by atoms with Crippen LogP contribution in [0.5, 0.6) is 0 Å². The van der Waals surface area contributed by atoms with Gasteiger partial charge < -0.3 is 4.90 Å². The van der Waals surface area contributed by atoms with Crippen LogP contribution in [0.2, 0.25) is 0 Å². The van der Waals surface area contributed by atoms with Crippen molar-refractivity contribution in [2.24, 2.45) is 0 Å². The highest BCUT2D eigenvalue weighted by atomic mass is 15.1. The molecule has 0 saturated carbocycles. The van der Waals surface area contributed by atoms with Crippen LogP contribution in [0, 0.1) is 0 Å². The van der Waals surface area contributed by atoms with Crippen LogP contribution in [-0.4, -0.2) is 22.6 Å². The van der Waals surface area contributed by atoms with Crippen molar-refractivity contribution in [1.82, 2.24) is 9.55 Å². The summed E-state index contributed by atoms with van der Waals surface area (Å²) in [5.74, 6) is 0. The van der Waals surface area contributed by atoms with Crippen molar-refractivity contribution in [3.05, 3.63) is 54.9 Å². The monoisotopic (exact) mass is 263 g/mol. The number of aromatic nitrogens is 2. The van der Waals surface area contributed by atoms with Gasteiger partial charge in [-0.25, -0.2) is 4.98 Å². The Kier molecular flexibility index (Phi) is 2.69. The molecule has 100 valence electrons. The van der Waals surface area contributed by atoms with Crippen molar-refractivity contribution in [3.8, 4) is 5.69 Å². The standard InChI is InChI=1S/C17H17N3/c1-2-6-17-16(5-1)18-13-20(17)15-9-7-14(8-10-15)19-11-3-4-12-19/h1-2,5-10,13H,3-4,11-12H2. The molecule has 3 heteroatoms. The SMILES string of the molecule is c1ccc2c(c1)ncn2-c1ccc(N2CCCC2)cc1. The minimum atomic E-state index is 1.04. The predicted octanol–water partition coefficient (Wildman–Crippen LogP) is 3.63. The molecule has 20 heavy (non-hydrogen) atoms. The van der Waals surface area contributed by atoms with Crippen LogP contribution in [-0.2, 0) is 0 Å². The molecular weight excluding hydrogens is 246 g/mol. The van der Waals surface area contributed by atoms with E-state index >= 15 is 0 Å². The van der Waals surface area contributed by atoms with E-state index in [2.05, 4.69) is 50.8 Å². The normalized spacial score (nSPS) is 15.1. The molecule has 2 aromatic carbocycles. The van der Waals surface area contributed by atoms with Crippen molar-refractivity contribution in [3.63, 3.8) is 0 Å². The van der Waals surface area contributed by atoms with Crippen molar-refractivity contribution in [2.45, 2.75) is 12.8 Å². The molecule has 0 atom stereocenters. The molecule has 1 fully saturated rings. The number of nitrogens with zero attached hydrogens (tertiary/aromatic N) is 3. The Hall–Kier alpha value is -2.29. The first kappa shape index (κ1) is 11.5. The van der Waals surface area contributed by atoms with Gasteiger partial charge in [0.2, 0.25) is 0 Å². The number of hydrogen-bond acceptors (Lipinski definition) is 2. The molecule has 0 aliphatic carbocycles. The lowest BCUT2D eigenvalue weighted by Gasteiger charge is -2.17. The van der Waals surface area contributed by atoms with Crippen LogP contribution in [0.1, 0.15) is 12.8 Å². The van der Waals surface area contributed by atoms with Gasteiger partial charge in [0, 0.05) is 24.5 Å². The Balaban J connectivity index is 1.71. The molecule has 1 aliphatic heterocycles. The molecule has 0 unspecified atom stereocenters. The van der Waals surface area contributed by atoms with Gasteiger partial charge in [-0.2, -0.15) is 0 Å². The first-order valence-corrected chi connectivity index (χ1v) is 7.19. The summed E-state index contributed by atoms with van der Waals surface area (Å²) in [6, 6.07) is 17.0. The third-order valence-corrected chi connectivity index (χ3v) is 4.05. The van der Waals surface area contributed by atoms with E-state index in [0.29, 0.717) is 0 Å². The van der Waals surface area contributed by atoms with Crippen LogP contribution < -0.4 is 4.90 Å². The van der Waals surface area contributed by atoms with Gasteiger partial charge in [-0.15, -0.1) is 0 Å². The first-order chi connectivity index (χ1) is 9.92. The van der Waals surface area contributed by atoms with Gasteiger partial charge in [-0.3, -0.25) is 4.57 Å². The first-order valence-electron chi connectivity index (χ1n) is 7.19. The van der Waals surface area contributed by atoms with E-state index in [1.165, 1.54) is 37.3 Å². The maximum absolute atomic E-state index is 4.45. The third kappa shape index (κ3) is 1.86. The van der Waals surface area contributed by atoms with Gasteiger partial charge >= 0.3 is 0 Å². The van der Waals surface area contributed by atoms with Gasteiger partial charge in [0.05, 0.1) is 11.0 Å². The Morgan fingerprint density at radius 3 is 2.30 bits per heavy atom. The summed E-state index contributed by atoms with van der Waals surface area (Å²) in [5, 5.41) is 0. The Morgan fingerprint density at radius 1 is 0.800 bits per heavy atom. The van der Waals surface area contributed by atoms with Gasteiger partial charge in [0.15, 0.2) is 0 Å². The quantitative estimate of drug-likeness (QED) is 0.704. The molecule has 0 amide bonds. The molecule has 0 bridgehead atoms. The molecule has 1 aliphatic rings. The molecule has 2 heterocycles. The fourth-order valence-corrected chi connectivity index (χ4v) is 2.96. The van der Waals surface area contributed by atoms with Gasteiger partial charge in [-0.05, 0) is 49.2 Å². The summed E-state index contributed by atoms with van der Waals surface area (Å²) in [6.45, 7) is 2.38. The fraction of sp³-hybridized carbons (Fsp3) is 0.235. The van der Waals surface area contributed by atoms with Crippen molar-refractivity contribution >= 4 is 16.7 Å². The highest BCUT2D eigenvalue weighted by Crippen LogP contribution is 2.23. The second kappa shape index (κ2) is 4.67. The summed E-state index contributed by atoms with van der Waals surface area (Å²) in [6.07, 6.45) is 4.53. The van der Waals surface area contributed by atoms with Crippen LogP contribution >= 0.6 is 0 Å². The molecule has 3 aromatic rings. The van der Waals surface area contributed by atoms with Gasteiger partial charge in [0.25, 0.3) is 0 Å². The van der Waals surface area contributed by atoms with Crippen molar-refractivity contribution < 1.29 is 0 Å². The number of imidazole rings is 1. The number of rotatable bonds is 2. The van der Waals surface area contributed by atoms with Crippen LogP contribution in [0.15, 0.2) is 54.9 Å². The number of benzene rings is 2. The summed E-state index contributed by atoms with van der Waals surface area (Å²) >= 11 is 0. The number of hydrogen-bond donors (Lipinski definition) is 0. The Bertz CT molecular complexity index is 721.